The molecule has 0 bridgehead atoms. The molecule has 7 rings (SSSR count). The third kappa shape index (κ3) is 3.67. The van der Waals surface area contributed by atoms with Crippen molar-refractivity contribution >= 4 is 40.7 Å². The first kappa shape index (κ1) is 27.1. The van der Waals surface area contributed by atoms with Crippen LogP contribution >= 0.6 is 11.6 Å². The molecule has 1 saturated heterocycles. The number of benzene rings is 4. The molecule has 6 nitrogen and oxygen atoms in total. The minimum absolute atomic E-state index is 0.246. The smallest absolute Gasteiger partial charge is 0.187 e. The Labute approximate surface area is 252 Å². The average Bonchev–Trinajstić information content (AvgIpc) is 3.46. The molecule has 1 aliphatic carbocycles. The predicted molar refractivity (Wildman–Crippen MR) is 161 cm³/mol. The molecule has 4 aromatic carbocycles. The molecule has 2 heterocycles. The van der Waals surface area contributed by atoms with Gasteiger partial charge in [-0.3, -0.25) is 14.4 Å². The summed E-state index contributed by atoms with van der Waals surface area (Å²) >= 11 is 6.58. The number of carbonyl (C=O) groups excluding carboxylic acids is 3. The van der Waals surface area contributed by atoms with Gasteiger partial charge < -0.3 is 14.4 Å². The van der Waals surface area contributed by atoms with Gasteiger partial charge in [0, 0.05) is 33.9 Å². The molecule has 3 atom stereocenters. The van der Waals surface area contributed by atoms with Gasteiger partial charge in [-0.25, -0.2) is 4.39 Å². The molecule has 4 aromatic rings. The summed E-state index contributed by atoms with van der Waals surface area (Å²) in [6, 6.07) is 21.0. The van der Waals surface area contributed by atoms with E-state index in [1.165, 1.54) is 26.4 Å². The van der Waals surface area contributed by atoms with Gasteiger partial charge in [0.2, 0.25) is 0 Å². The number of nitrogens with zero attached hydrogens (tertiary/aromatic N) is 1. The zero-order chi connectivity index (χ0) is 30.0. The Bertz CT molecular complexity index is 1850. The number of anilines is 1. The first-order chi connectivity index (χ1) is 20.8. The number of Topliss-reactive ketones (excluding diaryl/α,β-unsaturated/α-hetero) is 3. The van der Waals surface area contributed by atoms with Crippen molar-refractivity contribution in [3.63, 3.8) is 0 Å². The quantitative estimate of drug-likeness (QED) is 0.187. The summed E-state index contributed by atoms with van der Waals surface area (Å²) in [4.78, 5) is 46.1. The minimum atomic E-state index is -1.71. The summed E-state index contributed by atoms with van der Waals surface area (Å²) < 4.78 is 25.5. The molecular weight excluding hydrogens is 569 g/mol. The van der Waals surface area contributed by atoms with E-state index in [0.29, 0.717) is 39.4 Å². The third-order valence-electron chi connectivity index (χ3n) is 8.94. The molecule has 3 aliphatic rings. The summed E-state index contributed by atoms with van der Waals surface area (Å²) in [5.74, 6) is -1.68. The lowest BCUT2D eigenvalue weighted by Gasteiger charge is -2.37. The number of rotatable bonds is 5. The van der Waals surface area contributed by atoms with Crippen molar-refractivity contribution in [1.29, 1.82) is 0 Å². The minimum Gasteiger partial charge on any atom is -0.493 e. The Morgan fingerprint density at radius 1 is 0.860 bits per heavy atom. The largest absolute Gasteiger partial charge is 0.493 e. The molecule has 0 radical (unpaired) electrons. The summed E-state index contributed by atoms with van der Waals surface area (Å²) in [7, 11) is 3.01. The molecule has 2 aliphatic heterocycles. The van der Waals surface area contributed by atoms with Crippen LogP contribution < -0.4 is 14.4 Å². The van der Waals surface area contributed by atoms with E-state index >= 15 is 0 Å². The molecule has 0 saturated carbocycles. The van der Waals surface area contributed by atoms with E-state index in [-0.39, 0.29) is 27.9 Å². The van der Waals surface area contributed by atoms with Crippen LogP contribution in [-0.4, -0.2) is 43.7 Å². The number of ketones is 3. The van der Waals surface area contributed by atoms with Gasteiger partial charge >= 0.3 is 0 Å². The van der Waals surface area contributed by atoms with E-state index in [1.54, 1.807) is 84.9 Å². The zero-order valence-electron chi connectivity index (χ0n) is 23.2. The maximum Gasteiger partial charge on any atom is 0.187 e. The lowest BCUT2D eigenvalue weighted by molar-refractivity contribution is 0.0665. The molecule has 1 fully saturated rings. The van der Waals surface area contributed by atoms with Gasteiger partial charge in [-0.05, 0) is 48.0 Å². The summed E-state index contributed by atoms with van der Waals surface area (Å²) in [5, 5.41) is 0.246. The zero-order valence-corrected chi connectivity index (χ0v) is 24.0. The number of hydrogen-bond donors (Lipinski definition) is 0. The summed E-state index contributed by atoms with van der Waals surface area (Å²) in [5.41, 5.74) is 0.773. The molecule has 8 heteroatoms. The van der Waals surface area contributed by atoms with E-state index < -0.39 is 29.2 Å². The number of halogens is 2. The Morgan fingerprint density at radius 3 is 2.21 bits per heavy atom. The van der Waals surface area contributed by atoms with Gasteiger partial charge in [-0.15, -0.1) is 0 Å². The topological polar surface area (TPSA) is 72.9 Å². The van der Waals surface area contributed by atoms with Crippen LogP contribution in [-0.2, 0) is 0 Å². The Morgan fingerprint density at radius 2 is 1.53 bits per heavy atom. The Hall–Kier alpha value is -4.75. The van der Waals surface area contributed by atoms with Crippen molar-refractivity contribution in [2.75, 3.05) is 19.1 Å². The monoisotopic (exact) mass is 593 g/mol. The number of hydrogen-bond acceptors (Lipinski definition) is 6. The Kier molecular flexibility index (Phi) is 6.25. The highest BCUT2D eigenvalue weighted by Gasteiger charge is 2.71. The van der Waals surface area contributed by atoms with Gasteiger partial charge in [0.25, 0.3) is 0 Å². The van der Waals surface area contributed by atoms with Crippen molar-refractivity contribution in [3.05, 3.63) is 130 Å². The fourth-order valence-electron chi connectivity index (χ4n) is 7.19. The highest BCUT2D eigenvalue weighted by Crippen LogP contribution is 2.61. The number of fused-ring (bicyclic) bond motifs is 5. The van der Waals surface area contributed by atoms with Gasteiger partial charge in [-0.1, -0.05) is 66.2 Å². The van der Waals surface area contributed by atoms with Crippen molar-refractivity contribution < 1.29 is 28.2 Å². The number of carbonyl (C=O) groups is 3. The third-order valence-corrected chi connectivity index (χ3v) is 9.27. The van der Waals surface area contributed by atoms with Crippen LogP contribution in [0.25, 0.3) is 6.08 Å². The maximum atomic E-state index is 14.8. The van der Waals surface area contributed by atoms with Crippen LogP contribution in [0.5, 0.6) is 11.5 Å². The van der Waals surface area contributed by atoms with Crippen LogP contribution in [0.3, 0.4) is 0 Å². The van der Waals surface area contributed by atoms with Crippen LogP contribution in [0.2, 0.25) is 5.02 Å². The van der Waals surface area contributed by atoms with Gasteiger partial charge in [-0.2, -0.15) is 0 Å². The highest BCUT2D eigenvalue weighted by molar-refractivity contribution is 6.35. The second-order valence-electron chi connectivity index (χ2n) is 10.9. The fraction of sp³-hybridized carbons (Fsp3) is 0.171. The molecule has 0 aromatic heterocycles. The normalized spacial score (nSPS) is 21.0. The second-order valence-corrected chi connectivity index (χ2v) is 11.3. The van der Waals surface area contributed by atoms with Crippen LogP contribution in [0.1, 0.15) is 48.1 Å². The lowest BCUT2D eigenvalue weighted by Crippen LogP contribution is -2.48. The Balaban J connectivity index is 1.57. The van der Waals surface area contributed by atoms with Crippen molar-refractivity contribution in [3.8, 4) is 11.5 Å². The SMILES string of the molecule is COc1ccc([C@@H]2[C@H](C(=O)c3ccccc3Cl)N3c4ccc(F)cc4C=C[C@H]3C23C(=O)c2ccccc2C3=O)cc1OC. The van der Waals surface area contributed by atoms with Crippen molar-refractivity contribution in [2.45, 2.75) is 18.0 Å². The molecule has 214 valence electrons. The van der Waals surface area contributed by atoms with Crippen LogP contribution in [0.4, 0.5) is 10.1 Å². The van der Waals surface area contributed by atoms with E-state index in [2.05, 4.69) is 0 Å². The maximum absolute atomic E-state index is 14.8. The van der Waals surface area contributed by atoms with Crippen molar-refractivity contribution in [1.82, 2.24) is 0 Å². The number of ether oxygens (including phenoxy) is 2. The van der Waals surface area contributed by atoms with Gasteiger partial charge in [0.1, 0.15) is 17.3 Å². The molecule has 0 amide bonds. The van der Waals surface area contributed by atoms with Gasteiger partial charge in [0.05, 0.1) is 25.3 Å². The molecule has 1 spiro atoms. The molecule has 0 unspecified atom stereocenters. The van der Waals surface area contributed by atoms with E-state index in [1.807, 2.05) is 4.90 Å². The predicted octanol–water partition coefficient (Wildman–Crippen LogP) is 6.81. The second kappa shape index (κ2) is 9.92. The standard InChI is InChI=1S/C35H25ClFNO5/c1-42-27-15-11-20(18-28(27)43-2)30-31(32(39)24-9-5-6-10-25(24)36)38-26-14-13-21(37)17-19(26)12-16-29(38)35(30)33(40)22-7-3-4-8-23(22)34(35)41/h3-18,29-31H,1-2H3/t29-,30+,31+/m0/s1. The van der Waals surface area contributed by atoms with E-state index in [4.69, 9.17) is 21.1 Å². The molecule has 43 heavy (non-hydrogen) atoms. The van der Waals surface area contributed by atoms with E-state index in [0.717, 1.165) is 0 Å². The van der Waals surface area contributed by atoms with Gasteiger partial charge in [0.15, 0.2) is 28.8 Å². The molecule has 0 N–H and O–H groups in total. The first-order valence-electron chi connectivity index (χ1n) is 13.8. The number of methoxy groups -OCH3 is 2. The summed E-state index contributed by atoms with van der Waals surface area (Å²) in [6.07, 6.45) is 3.47. The fourth-order valence-corrected chi connectivity index (χ4v) is 7.42. The van der Waals surface area contributed by atoms with Crippen LogP contribution in [0.15, 0.2) is 91.0 Å². The summed E-state index contributed by atoms with van der Waals surface area (Å²) in [6.45, 7) is 0. The van der Waals surface area contributed by atoms with Crippen molar-refractivity contribution in [2.24, 2.45) is 5.41 Å². The highest BCUT2D eigenvalue weighted by atomic mass is 35.5. The average molecular weight is 594 g/mol. The first-order valence-corrected chi connectivity index (χ1v) is 14.2. The lowest BCUT2D eigenvalue weighted by atomic mass is 9.64. The molecular formula is C35H25ClFNO5. The van der Waals surface area contributed by atoms with E-state index in [9.17, 15) is 18.8 Å². The van der Waals surface area contributed by atoms with Crippen LogP contribution in [0, 0.1) is 11.2 Å².